The summed E-state index contributed by atoms with van der Waals surface area (Å²) in [6, 6.07) is 13.2. The minimum absolute atomic E-state index is 0.175. The minimum Gasteiger partial charge on any atom is -0.289 e. The van der Waals surface area contributed by atoms with E-state index in [1.54, 1.807) is 24.3 Å². The summed E-state index contributed by atoms with van der Waals surface area (Å²) in [7, 11) is 0. The maximum Gasteiger partial charge on any atom is 0.258 e. The lowest BCUT2D eigenvalue weighted by molar-refractivity contribution is 0.102. The first-order valence-electron chi connectivity index (χ1n) is 7.24. The zero-order chi connectivity index (χ0) is 16.2. The van der Waals surface area contributed by atoms with Gasteiger partial charge >= 0.3 is 0 Å². The maximum absolute atomic E-state index is 12.9. The van der Waals surface area contributed by atoms with Gasteiger partial charge in [-0.15, -0.1) is 5.10 Å². The standard InChI is InChI=1S/C17H15FN4O/c1-2-11-3-5-13(6-4-11)16(23)20-17-19-15(21-22-17)12-7-9-14(18)10-8-12/h3-10H,2H2,1H3,(H2,19,20,21,22,23). The van der Waals surface area contributed by atoms with Crippen LogP contribution < -0.4 is 5.32 Å². The number of aromatic amines is 1. The highest BCUT2D eigenvalue weighted by molar-refractivity contribution is 6.03. The number of hydrogen-bond donors (Lipinski definition) is 2. The van der Waals surface area contributed by atoms with Crippen molar-refractivity contribution in [2.75, 3.05) is 5.32 Å². The molecule has 23 heavy (non-hydrogen) atoms. The van der Waals surface area contributed by atoms with Crippen LogP contribution in [0.1, 0.15) is 22.8 Å². The van der Waals surface area contributed by atoms with Crippen molar-refractivity contribution in [3.05, 3.63) is 65.5 Å². The molecule has 1 heterocycles. The molecule has 1 aromatic heterocycles. The molecule has 116 valence electrons. The monoisotopic (exact) mass is 310 g/mol. The second-order valence-corrected chi connectivity index (χ2v) is 5.02. The Balaban J connectivity index is 1.73. The largest absolute Gasteiger partial charge is 0.289 e. The summed E-state index contributed by atoms with van der Waals surface area (Å²) in [5.74, 6) is 0.0325. The number of benzene rings is 2. The first-order chi connectivity index (χ1) is 11.2. The number of anilines is 1. The van der Waals surface area contributed by atoms with Gasteiger partial charge in [0, 0.05) is 11.1 Å². The highest BCUT2D eigenvalue weighted by atomic mass is 19.1. The van der Waals surface area contributed by atoms with Crippen LogP contribution >= 0.6 is 0 Å². The van der Waals surface area contributed by atoms with E-state index in [9.17, 15) is 9.18 Å². The van der Waals surface area contributed by atoms with Gasteiger partial charge < -0.3 is 0 Å². The smallest absolute Gasteiger partial charge is 0.258 e. The first kappa shape index (κ1) is 14.9. The summed E-state index contributed by atoms with van der Waals surface area (Å²) in [6.07, 6.45) is 0.920. The number of halogens is 1. The summed E-state index contributed by atoms with van der Waals surface area (Å²) in [6.45, 7) is 2.06. The Labute approximate surface area is 132 Å². The van der Waals surface area contributed by atoms with Crippen LogP contribution in [0.2, 0.25) is 0 Å². The fourth-order valence-corrected chi connectivity index (χ4v) is 2.12. The molecule has 0 aliphatic heterocycles. The van der Waals surface area contributed by atoms with E-state index >= 15 is 0 Å². The molecule has 0 saturated carbocycles. The molecule has 0 aliphatic rings. The molecule has 6 heteroatoms. The topological polar surface area (TPSA) is 70.7 Å². The average molecular weight is 310 g/mol. The molecule has 2 N–H and O–H groups in total. The van der Waals surface area contributed by atoms with Crippen molar-refractivity contribution in [3.63, 3.8) is 0 Å². The third-order valence-corrected chi connectivity index (χ3v) is 3.45. The maximum atomic E-state index is 12.9. The molecular weight excluding hydrogens is 295 g/mol. The van der Waals surface area contributed by atoms with Crippen molar-refractivity contribution < 1.29 is 9.18 Å². The minimum atomic E-state index is -0.322. The van der Waals surface area contributed by atoms with Crippen LogP contribution in [0.15, 0.2) is 48.5 Å². The molecule has 0 fully saturated rings. The van der Waals surface area contributed by atoms with Gasteiger partial charge in [-0.25, -0.2) is 4.39 Å². The van der Waals surface area contributed by atoms with Gasteiger partial charge in [0.15, 0.2) is 5.82 Å². The molecule has 5 nitrogen and oxygen atoms in total. The Hall–Kier alpha value is -3.02. The first-order valence-corrected chi connectivity index (χ1v) is 7.24. The number of amides is 1. The second kappa shape index (κ2) is 6.39. The lowest BCUT2D eigenvalue weighted by atomic mass is 10.1. The third-order valence-electron chi connectivity index (χ3n) is 3.45. The van der Waals surface area contributed by atoms with E-state index in [1.807, 2.05) is 12.1 Å². The summed E-state index contributed by atoms with van der Waals surface area (Å²) >= 11 is 0. The van der Waals surface area contributed by atoms with E-state index in [2.05, 4.69) is 27.4 Å². The molecule has 1 amide bonds. The van der Waals surface area contributed by atoms with Crippen LogP contribution in [0.5, 0.6) is 0 Å². The average Bonchev–Trinajstić information content (AvgIpc) is 3.04. The fraction of sp³-hybridized carbons (Fsp3) is 0.118. The van der Waals surface area contributed by atoms with Crippen LogP contribution in [-0.4, -0.2) is 21.1 Å². The number of aryl methyl sites for hydroxylation is 1. The van der Waals surface area contributed by atoms with Crippen LogP contribution in [-0.2, 0) is 6.42 Å². The number of hydrogen-bond acceptors (Lipinski definition) is 3. The highest BCUT2D eigenvalue weighted by Crippen LogP contribution is 2.16. The molecule has 0 aliphatic carbocycles. The molecule has 3 aromatic rings. The van der Waals surface area contributed by atoms with Gasteiger partial charge in [0.1, 0.15) is 5.82 Å². The van der Waals surface area contributed by atoms with Crippen LogP contribution in [0.3, 0.4) is 0 Å². The van der Waals surface area contributed by atoms with Crippen molar-refractivity contribution in [1.82, 2.24) is 15.2 Å². The fourth-order valence-electron chi connectivity index (χ4n) is 2.12. The Morgan fingerprint density at radius 2 is 1.83 bits per heavy atom. The number of nitrogens with one attached hydrogen (secondary N) is 2. The quantitative estimate of drug-likeness (QED) is 0.775. The third kappa shape index (κ3) is 3.42. The number of H-pyrrole nitrogens is 1. The Bertz CT molecular complexity index is 809. The van der Waals surface area contributed by atoms with Gasteiger partial charge in [0.05, 0.1) is 0 Å². The predicted molar refractivity (Wildman–Crippen MR) is 85.5 cm³/mol. The van der Waals surface area contributed by atoms with Gasteiger partial charge in [-0.05, 0) is 48.4 Å². The van der Waals surface area contributed by atoms with Gasteiger partial charge in [0.25, 0.3) is 5.91 Å². The van der Waals surface area contributed by atoms with E-state index in [0.29, 0.717) is 17.0 Å². The van der Waals surface area contributed by atoms with E-state index in [0.717, 1.165) is 12.0 Å². The Kier molecular flexibility index (Phi) is 4.14. The zero-order valence-corrected chi connectivity index (χ0v) is 12.5. The SMILES string of the molecule is CCc1ccc(C(=O)Nc2n[nH]c(-c3ccc(F)cc3)n2)cc1. The van der Waals surface area contributed by atoms with Gasteiger partial charge in [-0.2, -0.15) is 4.98 Å². The van der Waals surface area contributed by atoms with Crippen LogP contribution in [0.4, 0.5) is 10.3 Å². The van der Waals surface area contributed by atoms with Crippen LogP contribution in [0, 0.1) is 5.82 Å². The molecule has 2 aromatic carbocycles. The van der Waals surface area contributed by atoms with Gasteiger partial charge in [-0.3, -0.25) is 15.2 Å². The number of rotatable bonds is 4. The van der Waals surface area contributed by atoms with Crippen molar-refractivity contribution in [3.8, 4) is 11.4 Å². The summed E-state index contributed by atoms with van der Waals surface area (Å²) in [5.41, 5.74) is 2.39. The normalized spacial score (nSPS) is 10.5. The second-order valence-electron chi connectivity index (χ2n) is 5.02. The molecule has 0 bridgehead atoms. The number of carbonyl (C=O) groups excluding carboxylic acids is 1. The van der Waals surface area contributed by atoms with Crippen molar-refractivity contribution in [1.29, 1.82) is 0 Å². The zero-order valence-electron chi connectivity index (χ0n) is 12.5. The summed E-state index contributed by atoms with van der Waals surface area (Å²) in [5, 5.41) is 9.30. The lowest BCUT2D eigenvalue weighted by Gasteiger charge is -2.02. The molecule has 0 radical (unpaired) electrons. The molecule has 0 atom stereocenters. The van der Waals surface area contributed by atoms with Gasteiger partial charge in [0.2, 0.25) is 5.95 Å². The number of carbonyl (C=O) groups is 1. The Morgan fingerprint density at radius 3 is 2.48 bits per heavy atom. The highest BCUT2D eigenvalue weighted by Gasteiger charge is 2.10. The molecule has 0 spiro atoms. The van der Waals surface area contributed by atoms with Gasteiger partial charge in [-0.1, -0.05) is 19.1 Å². The molecule has 0 unspecified atom stereocenters. The molecule has 3 rings (SSSR count). The van der Waals surface area contributed by atoms with E-state index in [1.165, 1.54) is 12.1 Å². The van der Waals surface area contributed by atoms with Crippen molar-refractivity contribution in [2.24, 2.45) is 0 Å². The van der Waals surface area contributed by atoms with E-state index in [4.69, 9.17) is 0 Å². The summed E-state index contributed by atoms with van der Waals surface area (Å²) in [4.78, 5) is 16.3. The molecule has 0 saturated heterocycles. The van der Waals surface area contributed by atoms with E-state index in [-0.39, 0.29) is 17.7 Å². The molecular formula is C17H15FN4O. The summed E-state index contributed by atoms with van der Waals surface area (Å²) < 4.78 is 12.9. The van der Waals surface area contributed by atoms with Crippen molar-refractivity contribution in [2.45, 2.75) is 13.3 Å². The number of aromatic nitrogens is 3. The van der Waals surface area contributed by atoms with E-state index < -0.39 is 0 Å². The lowest BCUT2D eigenvalue weighted by Crippen LogP contribution is -2.12. The predicted octanol–water partition coefficient (Wildman–Crippen LogP) is 3.43. The number of nitrogens with zero attached hydrogens (tertiary/aromatic N) is 2. The van der Waals surface area contributed by atoms with Crippen LogP contribution in [0.25, 0.3) is 11.4 Å². The Morgan fingerprint density at radius 1 is 1.13 bits per heavy atom. The van der Waals surface area contributed by atoms with Crippen molar-refractivity contribution >= 4 is 11.9 Å².